The highest BCUT2D eigenvalue weighted by atomic mass is 79.9. The van der Waals surface area contributed by atoms with E-state index < -0.39 is 31.1 Å². The van der Waals surface area contributed by atoms with Crippen LogP contribution in [-0.4, -0.2) is 22.7 Å². The maximum absolute atomic E-state index is 12.2. The van der Waals surface area contributed by atoms with Gasteiger partial charge < -0.3 is 9.67 Å². The average Bonchev–Trinajstić information content (AvgIpc) is 2.18. The fraction of sp³-hybridized carbons (Fsp3) is 0.444. The smallest absolute Gasteiger partial charge is 0.250 e. The summed E-state index contributed by atoms with van der Waals surface area (Å²) in [6, 6.07) is 1.91. The van der Waals surface area contributed by atoms with Crippen molar-refractivity contribution in [3.8, 4) is 0 Å². The van der Waals surface area contributed by atoms with Crippen LogP contribution in [-0.2, 0) is 0 Å². The van der Waals surface area contributed by atoms with Crippen LogP contribution in [0.25, 0.3) is 0 Å². The quantitative estimate of drug-likeness (QED) is 0.915. The number of rotatable bonds is 4. The van der Waals surface area contributed by atoms with Gasteiger partial charge in [0.1, 0.15) is 0 Å². The van der Waals surface area contributed by atoms with Crippen LogP contribution in [0.2, 0.25) is 0 Å². The Hall–Kier alpha value is -0.750. The molecule has 0 amide bonds. The molecule has 84 valence electrons. The van der Waals surface area contributed by atoms with Gasteiger partial charge in [-0.1, -0.05) is 0 Å². The molecule has 1 aromatic heterocycles. The minimum Gasteiger partial charge on any atom is -0.394 e. The van der Waals surface area contributed by atoms with Gasteiger partial charge in [0.2, 0.25) is 6.43 Å². The number of alkyl halides is 2. The van der Waals surface area contributed by atoms with Crippen LogP contribution in [0.3, 0.4) is 0 Å². The normalized spacial score (nSPS) is 13.1. The molecule has 0 aliphatic rings. The molecule has 3 nitrogen and oxygen atoms in total. The third-order valence-corrected chi connectivity index (χ3v) is 2.43. The van der Waals surface area contributed by atoms with Crippen molar-refractivity contribution >= 4 is 15.9 Å². The van der Waals surface area contributed by atoms with Crippen molar-refractivity contribution in [2.45, 2.75) is 18.9 Å². The lowest BCUT2D eigenvalue weighted by Gasteiger charge is -2.16. The molecule has 6 heteroatoms. The average molecular weight is 282 g/mol. The van der Waals surface area contributed by atoms with Gasteiger partial charge in [0.15, 0.2) is 0 Å². The largest absolute Gasteiger partial charge is 0.394 e. The molecule has 15 heavy (non-hydrogen) atoms. The molecule has 0 aliphatic heterocycles. The van der Waals surface area contributed by atoms with E-state index in [1.54, 1.807) is 0 Å². The summed E-state index contributed by atoms with van der Waals surface area (Å²) >= 11 is 3.13. The zero-order valence-electron chi connectivity index (χ0n) is 7.74. The van der Waals surface area contributed by atoms with E-state index in [1.165, 1.54) is 18.3 Å². The lowest BCUT2D eigenvalue weighted by Crippen LogP contribution is -2.27. The Labute approximate surface area is 93.5 Å². The van der Waals surface area contributed by atoms with Crippen molar-refractivity contribution in [2.24, 2.45) is 0 Å². The number of hydrogen-bond acceptors (Lipinski definition) is 2. The molecule has 1 rings (SSSR count). The monoisotopic (exact) mass is 281 g/mol. The topological polar surface area (TPSA) is 42.2 Å². The van der Waals surface area contributed by atoms with Crippen molar-refractivity contribution in [3.05, 3.63) is 33.2 Å². The van der Waals surface area contributed by atoms with Crippen molar-refractivity contribution in [1.29, 1.82) is 0 Å². The van der Waals surface area contributed by atoms with Gasteiger partial charge in [0.05, 0.1) is 12.6 Å². The lowest BCUT2D eigenvalue weighted by molar-refractivity contribution is 0.0945. The second-order valence-electron chi connectivity index (χ2n) is 3.06. The molecular formula is C9H10BrF2NO2. The number of aromatic nitrogens is 1. The van der Waals surface area contributed by atoms with Crippen LogP contribution in [0.4, 0.5) is 8.78 Å². The number of hydrogen-bond donors (Lipinski definition) is 1. The number of aliphatic hydroxyl groups is 1. The summed E-state index contributed by atoms with van der Waals surface area (Å²) in [7, 11) is 0. The van der Waals surface area contributed by atoms with E-state index in [4.69, 9.17) is 5.11 Å². The van der Waals surface area contributed by atoms with Crippen LogP contribution in [0.1, 0.15) is 12.5 Å². The molecule has 0 bridgehead atoms. The summed E-state index contributed by atoms with van der Waals surface area (Å²) in [5, 5.41) is 8.94. The van der Waals surface area contributed by atoms with Gasteiger partial charge in [-0.2, -0.15) is 0 Å². The predicted octanol–water partition coefficient (Wildman–Crippen LogP) is 1.80. The highest BCUT2D eigenvalue weighted by molar-refractivity contribution is 9.10. The van der Waals surface area contributed by atoms with Crippen molar-refractivity contribution in [1.82, 2.24) is 4.57 Å². The number of nitrogens with zero attached hydrogens (tertiary/aromatic N) is 1. The molecule has 0 spiro atoms. The van der Waals surface area contributed by atoms with E-state index >= 15 is 0 Å². The minimum atomic E-state index is -2.55. The predicted molar refractivity (Wildman–Crippen MR) is 55.1 cm³/mol. The third kappa shape index (κ3) is 3.39. The minimum absolute atomic E-state index is 0.405. The van der Waals surface area contributed by atoms with E-state index in [-0.39, 0.29) is 0 Å². The summed E-state index contributed by atoms with van der Waals surface area (Å²) in [5.41, 5.74) is -0.405. The van der Waals surface area contributed by atoms with E-state index in [1.807, 2.05) is 0 Å². The standard InChI is InChI=1S/C9H10BrF2NO2/c10-6-1-2-9(15)13(4-6)7(5-14)3-8(11)12/h1-2,4,7-8,14H,3,5H2. The highest BCUT2D eigenvalue weighted by Gasteiger charge is 2.17. The number of halogens is 3. The molecule has 0 fully saturated rings. The molecular weight excluding hydrogens is 272 g/mol. The molecule has 0 aliphatic carbocycles. The summed E-state index contributed by atoms with van der Waals surface area (Å²) in [5.74, 6) is 0. The van der Waals surface area contributed by atoms with Gasteiger partial charge in [0, 0.05) is 23.2 Å². The Balaban J connectivity index is 3.00. The number of aliphatic hydroxyl groups excluding tert-OH is 1. The first-order chi connectivity index (χ1) is 7.04. The second kappa shape index (κ2) is 5.37. The Bertz CT molecular complexity index is 381. The fourth-order valence-electron chi connectivity index (χ4n) is 1.24. The maximum Gasteiger partial charge on any atom is 0.250 e. The van der Waals surface area contributed by atoms with Crippen LogP contribution in [0.5, 0.6) is 0 Å². The molecule has 1 unspecified atom stereocenters. The SMILES string of the molecule is O=c1ccc(Br)cn1C(CO)CC(F)F. The van der Waals surface area contributed by atoms with Crippen LogP contribution >= 0.6 is 15.9 Å². The van der Waals surface area contributed by atoms with Gasteiger partial charge in [-0.3, -0.25) is 4.79 Å². The Morgan fingerprint density at radius 3 is 2.67 bits per heavy atom. The zero-order chi connectivity index (χ0) is 11.4. The van der Waals surface area contributed by atoms with Crippen molar-refractivity contribution in [2.75, 3.05) is 6.61 Å². The van der Waals surface area contributed by atoms with E-state index in [0.29, 0.717) is 4.47 Å². The summed E-state index contributed by atoms with van der Waals surface area (Å²) in [4.78, 5) is 11.3. The van der Waals surface area contributed by atoms with Crippen LogP contribution in [0, 0.1) is 0 Å². The van der Waals surface area contributed by atoms with Crippen molar-refractivity contribution < 1.29 is 13.9 Å². The number of pyridine rings is 1. The Kier molecular flexibility index (Phi) is 4.41. The lowest BCUT2D eigenvalue weighted by atomic mass is 10.2. The molecule has 1 heterocycles. The molecule has 1 atom stereocenters. The molecule has 1 N–H and O–H groups in total. The second-order valence-corrected chi connectivity index (χ2v) is 3.97. The Morgan fingerprint density at radius 2 is 2.13 bits per heavy atom. The first kappa shape index (κ1) is 12.3. The van der Waals surface area contributed by atoms with Gasteiger partial charge >= 0.3 is 0 Å². The molecule has 0 saturated carbocycles. The zero-order valence-corrected chi connectivity index (χ0v) is 9.32. The van der Waals surface area contributed by atoms with Gasteiger partial charge in [0.25, 0.3) is 5.56 Å². The van der Waals surface area contributed by atoms with E-state index in [0.717, 1.165) is 4.57 Å². The Morgan fingerprint density at radius 1 is 1.47 bits per heavy atom. The third-order valence-electron chi connectivity index (χ3n) is 1.96. The molecule has 0 saturated heterocycles. The van der Waals surface area contributed by atoms with Gasteiger partial charge in [-0.25, -0.2) is 8.78 Å². The van der Waals surface area contributed by atoms with Crippen LogP contribution in [0.15, 0.2) is 27.6 Å². The van der Waals surface area contributed by atoms with Gasteiger partial charge in [-0.05, 0) is 22.0 Å². The van der Waals surface area contributed by atoms with Gasteiger partial charge in [-0.15, -0.1) is 0 Å². The summed E-state index contributed by atoms with van der Waals surface area (Å²) < 4.78 is 26.0. The summed E-state index contributed by atoms with van der Waals surface area (Å²) in [6.07, 6.45) is -1.69. The van der Waals surface area contributed by atoms with Crippen molar-refractivity contribution in [3.63, 3.8) is 0 Å². The van der Waals surface area contributed by atoms with Crippen LogP contribution < -0.4 is 5.56 Å². The highest BCUT2D eigenvalue weighted by Crippen LogP contribution is 2.16. The maximum atomic E-state index is 12.2. The van der Waals surface area contributed by atoms with E-state index in [2.05, 4.69) is 15.9 Å². The molecule has 0 aromatic carbocycles. The summed E-state index contributed by atoms with van der Waals surface area (Å²) in [6.45, 7) is -0.485. The molecule has 1 aromatic rings. The first-order valence-electron chi connectivity index (χ1n) is 4.31. The first-order valence-corrected chi connectivity index (χ1v) is 5.10. The molecule has 0 radical (unpaired) electrons. The fourth-order valence-corrected chi connectivity index (χ4v) is 1.60. The van der Waals surface area contributed by atoms with E-state index in [9.17, 15) is 13.6 Å².